The van der Waals surface area contributed by atoms with Crippen LogP contribution < -0.4 is 0 Å². The van der Waals surface area contributed by atoms with Crippen molar-refractivity contribution in [2.45, 2.75) is 37.5 Å². The van der Waals surface area contributed by atoms with Crippen LogP contribution in [0.4, 0.5) is 0 Å². The van der Waals surface area contributed by atoms with Gasteiger partial charge in [0.2, 0.25) is 11.8 Å². The Hall–Kier alpha value is -3.62. The molecule has 4 aliphatic rings. The molecule has 2 aromatic carbocycles. The number of carbonyl (C=O) groups is 4. The van der Waals surface area contributed by atoms with Gasteiger partial charge in [-0.2, -0.15) is 0 Å². The summed E-state index contributed by atoms with van der Waals surface area (Å²) in [6.45, 7) is 0.635. The van der Waals surface area contributed by atoms with E-state index < -0.39 is 11.8 Å². The maximum atomic E-state index is 13.2. The summed E-state index contributed by atoms with van der Waals surface area (Å²) in [4.78, 5) is 56.0. The van der Waals surface area contributed by atoms with Gasteiger partial charge in [0.1, 0.15) is 11.8 Å². The van der Waals surface area contributed by atoms with Crippen molar-refractivity contribution >= 4 is 69.9 Å². The lowest BCUT2D eigenvalue weighted by atomic mass is 9.78. The molecule has 2 aliphatic carbocycles. The van der Waals surface area contributed by atoms with Gasteiger partial charge in [0.25, 0.3) is 11.8 Å². The molecule has 38 heavy (non-hydrogen) atoms. The van der Waals surface area contributed by atoms with Gasteiger partial charge in [0.05, 0.1) is 11.1 Å². The minimum absolute atomic E-state index is 0.259. The first-order chi connectivity index (χ1) is 18.4. The Kier molecular flexibility index (Phi) is 6.24. The molecule has 0 saturated carbocycles. The lowest BCUT2D eigenvalue weighted by molar-refractivity contribution is -0.145. The number of thiocarbonyl (C=S) groups is 2. The Morgan fingerprint density at radius 3 is 1.39 bits per heavy atom. The quantitative estimate of drug-likeness (QED) is 0.295. The van der Waals surface area contributed by atoms with E-state index in [2.05, 4.69) is 0 Å². The molecule has 6 nitrogen and oxygen atoms in total. The molecule has 2 aromatic rings. The molecule has 2 saturated heterocycles. The van der Waals surface area contributed by atoms with Crippen molar-refractivity contribution in [3.63, 3.8) is 0 Å². The van der Waals surface area contributed by atoms with Crippen LogP contribution in [-0.4, -0.2) is 56.2 Å². The number of carbonyl (C=O) groups excluding carboxylic acids is 4. The molecule has 8 heteroatoms. The first kappa shape index (κ1) is 24.7. The molecule has 4 bridgehead atoms. The standard InChI is InChI=1S/C30H24N2O4S2/c33-27-21-15-17-9-3-5-11-19(17)23(25(21)37)29(35)31(27)13-7-1-2-8-14-32-28(34)22-16-18-10-4-6-12-20(18)24(26(22)38)30(32)36/h3-6,9-12,15-16,23-24H,1-2,7-8,13-14H2. The molecule has 0 N–H and O–H groups in total. The number of unbranched alkanes of at least 4 members (excludes halogenated alkanes) is 3. The first-order valence-corrected chi connectivity index (χ1v) is 13.6. The molecule has 0 radical (unpaired) electrons. The first-order valence-electron chi connectivity index (χ1n) is 12.8. The molecule has 6 rings (SSSR count). The third-order valence-electron chi connectivity index (χ3n) is 7.76. The third-order valence-corrected chi connectivity index (χ3v) is 8.67. The molecule has 190 valence electrons. The van der Waals surface area contributed by atoms with Crippen molar-refractivity contribution in [1.29, 1.82) is 0 Å². The molecule has 2 atom stereocenters. The zero-order valence-corrected chi connectivity index (χ0v) is 22.1. The number of hydrogen-bond acceptors (Lipinski definition) is 6. The number of fused-ring (bicyclic) bond motifs is 8. The molecular formula is C30H24N2O4S2. The van der Waals surface area contributed by atoms with Gasteiger partial charge < -0.3 is 0 Å². The SMILES string of the molecule is O=C1C2=Cc3ccccc3C(C(=O)N1CCCCCCN1C(=O)C3=Cc4ccccc4C(C1=O)C3=S)C2=S. The van der Waals surface area contributed by atoms with E-state index in [1.165, 1.54) is 9.80 Å². The number of rotatable bonds is 7. The van der Waals surface area contributed by atoms with Crippen LogP contribution in [0.15, 0.2) is 59.7 Å². The number of amides is 4. The minimum atomic E-state index is -0.583. The van der Waals surface area contributed by atoms with Crippen molar-refractivity contribution in [2.24, 2.45) is 0 Å². The smallest absolute Gasteiger partial charge is 0.261 e. The predicted octanol–water partition coefficient (Wildman–Crippen LogP) is 4.39. The number of piperidine rings is 2. The van der Waals surface area contributed by atoms with Gasteiger partial charge in [-0.15, -0.1) is 0 Å². The van der Waals surface area contributed by atoms with E-state index in [-0.39, 0.29) is 23.6 Å². The highest BCUT2D eigenvalue weighted by Gasteiger charge is 2.46. The summed E-state index contributed by atoms with van der Waals surface area (Å²) in [6.07, 6.45) is 6.36. The topological polar surface area (TPSA) is 74.8 Å². The van der Waals surface area contributed by atoms with Crippen molar-refractivity contribution in [1.82, 2.24) is 9.80 Å². The van der Waals surface area contributed by atoms with E-state index in [1.54, 1.807) is 12.2 Å². The van der Waals surface area contributed by atoms with Gasteiger partial charge in [-0.1, -0.05) is 85.8 Å². The van der Waals surface area contributed by atoms with Crippen molar-refractivity contribution in [3.8, 4) is 0 Å². The highest BCUT2D eigenvalue weighted by Crippen LogP contribution is 2.39. The Balaban J connectivity index is 1.05. The van der Waals surface area contributed by atoms with Crippen LogP contribution in [0.5, 0.6) is 0 Å². The van der Waals surface area contributed by atoms with Gasteiger partial charge in [-0.05, 0) is 47.2 Å². The fourth-order valence-electron chi connectivity index (χ4n) is 5.80. The van der Waals surface area contributed by atoms with Crippen molar-refractivity contribution in [2.75, 3.05) is 13.1 Å². The minimum Gasteiger partial charge on any atom is -0.278 e. The van der Waals surface area contributed by atoms with Crippen LogP contribution >= 0.6 is 24.4 Å². The molecule has 2 fully saturated rings. The maximum Gasteiger partial charge on any atom is 0.261 e. The third kappa shape index (κ3) is 3.82. The summed E-state index contributed by atoms with van der Waals surface area (Å²) >= 11 is 11.0. The number of imide groups is 2. The largest absolute Gasteiger partial charge is 0.278 e. The fourth-order valence-corrected chi connectivity index (χ4v) is 6.55. The molecule has 0 spiro atoms. The average molecular weight is 541 g/mol. The lowest BCUT2D eigenvalue weighted by Crippen LogP contribution is -2.51. The van der Waals surface area contributed by atoms with Gasteiger partial charge in [0.15, 0.2) is 0 Å². The van der Waals surface area contributed by atoms with E-state index >= 15 is 0 Å². The van der Waals surface area contributed by atoms with Crippen molar-refractivity contribution in [3.05, 3.63) is 81.9 Å². The van der Waals surface area contributed by atoms with Crippen LogP contribution in [-0.2, 0) is 19.2 Å². The summed E-state index contributed by atoms with van der Waals surface area (Å²) in [7, 11) is 0. The van der Waals surface area contributed by atoms with Gasteiger partial charge in [-0.3, -0.25) is 29.0 Å². The summed E-state index contributed by atoms with van der Waals surface area (Å²) in [5.41, 5.74) is 4.31. The molecular weight excluding hydrogens is 516 g/mol. The number of nitrogens with zero attached hydrogens (tertiary/aromatic N) is 2. The number of likely N-dealkylation sites (tertiary alicyclic amines) is 2. The Morgan fingerprint density at radius 1 is 0.579 bits per heavy atom. The highest BCUT2D eigenvalue weighted by atomic mass is 32.1. The van der Waals surface area contributed by atoms with Gasteiger partial charge in [-0.25, -0.2) is 0 Å². The Morgan fingerprint density at radius 2 is 0.974 bits per heavy atom. The highest BCUT2D eigenvalue weighted by molar-refractivity contribution is 7.81. The summed E-state index contributed by atoms with van der Waals surface area (Å²) < 4.78 is 0. The van der Waals surface area contributed by atoms with Gasteiger partial charge >= 0.3 is 0 Å². The summed E-state index contributed by atoms with van der Waals surface area (Å²) in [6, 6.07) is 15.1. The summed E-state index contributed by atoms with van der Waals surface area (Å²) in [5, 5.41) is 0. The molecule has 2 unspecified atom stereocenters. The zero-order valence-electron chi connectivity index (χ0n) is 20.5. The van der Waals surface area contributed by atoms with E-state index in [1.807, 2.05) is 48.5 Å². The van der Waals surface area contributed by atoms with E-state index in [0.29, 0.717) is 46.8 Å². The maximum absolute atomic E-state index is 13.2. The average Bonchev–Trinajstić information content (AvgIpc) is 2.91. The summed E-state index contributed by atoms with van der Waals surface area (Å²) in [5.74, 6) is -2.34. The van der Waals surface area contributed by atoms with Gasteiger partial charge in [0, 0.05) is 22.8 Å². The second kappa shape index (κ2) is 9.60. The van der Waals surface area contributed by atoms with Crippen LogP contribution in [0.25, 0.3) is 12.2 Å². The fraction of sp³-hybridized carbons (Fsp3) is 0.267. The van der Waals surface area contributed by atoms with E-state index in [4.69, 9.17) is 24.4 Å². The second-order valence-corrected chi connectivity index (χ2v) is 10.9. The Bertz CT molecular complexity index is 1410. The molecule has 2 aliphatic heterocycles. The molecule has 2 heterocycles. The lowest BCUT2D eigenvalue weighted by Gasteiger charge is -2.36. The molecule has 0 aromatic heterocycles. The van der Waals surface area contributed by atoms with E-state index in [9.17, 15) is 19.2 Å². The second-order valence-electron chi connectivity index (χ2n) is 9.97. The number of benzene rings is 2. The normalized spacial score (nSPS) is 21.8. The number of hydrogen-bond donors (Lipinski definition) is 0. The van der Waals surface area contributed by atoms with Crippen molar-refractivity contribution < 1.29 is 19.2 Å². The van der Waals surface area contributed by atoms with Crippen LogP contribution in [0.1, 0.15) is 59.8 Å². The Labute approximate surface area is 231 Å². The predicted molar refractivity (Wildman–Crippen MR) is 151 cm³/mol. The van der Waals surface area contributed by atoms with Crippen LogP contribution in [0.3, 0.4) is 0 Å². The monoisotopic (exact) mass is 540 g/mol. The van der Waals surface area contributed by atoms with Crippen LogP contribution in [0, 0.1) is 0 Å². The van der Waals surface area contributed by atoms with E-state index in [0.717, 1.165) is 35.1 Å². The molecule has 4 amide bonds. The van der Waals surface area contributed by atoms with Crippen LogP contribution in [0.2, 0.25) is 0 Å². The zero-order chi connectivity index (χ0) is 26.6.